The maximum absolute atomic E-state index is 12.5. The number of likely N-dealkylation sites (N-methyl/N-ethyl adjacent to an activating group) is 1. The molecule has 2 aliphatic heterocycles. The molecule has 1 aromatic rings. The van der Waals surface area contributed by atoms with E-state index in [4.69, 9.17) is 9.47 Å². The Hall–Kier alpha value is -1.79. The number of hydrogen-bond acceptors (Lipinski definition) is 5. The molecule has 0 atom stereocenters. The van der Waals surface area contributed by atoms with Crippen LogP contribution < -0.4 is 9.47 Å². The molecule has 0 bridgehead atoms. The molecule has 126 valence electrons. The first-order chi connectivity index (χ1) is 11.2. The number of nitrogens with zero attached hydrogens (tertiary/aromatic N) is 2. The lowest BCUT2D eigenvalue weighted by molar-refractivity contribution is -0.133. The quantitative estimate of drug-likeness (QED) is 0.884. The van der Waals surface area contributed by atoms with Crippen molar-refractivity contribution >= 4 is 5.91 Å². The van der Waals surface area contributed by atoms with Crippen LogP contribution in [-0.4, -0.2) is 59.9 Å². The third-order valence-corrected chi connectivity index (χ3v) is 4.46. The molecule has 3 rings (SSSR count). The molecule has 1 fully saturated rings. The molecule has 0 aliphatic carbocycles. The molecule has 6 heteroatoms. The number of fused-ring (bicyclic) bond motifs is 1. The predicted molar refractivity (Wildman–Crippen MR) is 85.3 cm³/mol. The van der Waals surface area contributed by atoms with E-state index in [1.807, 2.05) is 30.0 Å². The van der Waals surface area contributed by atoms with Crippen LogP contribution in [0.25, 0.3) is 0 Å². The monoisotopic (exact) mass is 320 g/mol. The molecule has 2 aliphatic rings. The standard InChI is InChI=1S/C17H24N2O4/c1-2-19(17(21)11-18-7-5-14(20)6-8-18)10-13-3-4-15-16(9-13)23-12-22-15/h3-4,9,14,20H,2,5-8,10-12H2,1H3. The van der Waals surface area contributed by atoms with Gasteiger partial charge in [0.2, 0.25) is 12.7 Å². The normalized spacial score (nSPS) is 18.2. The summed E-state index contributed by atoms with van der Waals surface area (Å²) in [4.78, 5) is 16.5. The van der Waals surface area contributed by atoms with Gasteiger partial charge in [-0.25, -0.2) is 0 Å². The Kier molecular flexibility index (Phi) is 5.03. The van der Waals surface area contributed by atoms with Crippen molar-refractivity contribution in [2.24, 2.45) is 0 Å². The molecule has 0 aromatic heterocycles. The third-order valence-electron chi connectivity index (χ3n) is 4.46. The fraction of sp³-hybridized carbons (Fsp3) is 0.588. The van der Waals surface area contributed by atoms with E-state index in [2.05, 4.69) is 4.90 Å². The zero-order valence-electron chi connectivity index (χ0n) is 13.5. The van der Waals surface area contributed by atoms with Gasteiger partial charge in [-0.3, -0.25) is 9.69 Å². The minimum Gasteiger partial charge on any atom is -0.454 e. The van der Waals surface area contributed by atoms with Gasteiger partial charge in [-0.1, -0.05) is 6.07 Å². The van der Waals surface area contributed by atoms with E-state index in [0.717, 1.165) is 43.0 Å². The number of likely N-dealkylation sites (tertiary alicyclic amines) is 1. The minimum atomic E-state index is -0.211. The summed E-state index contributed by atoms with van der Waals surface area (Å²) in [6.07, 6.45) is 1.29. The molecule has 0 unspecified atom stereocenters. The van der Waals surface area contributed by atoms with Crippen LogP contribution in [0.4, 0.5) is 0 Å². The molecule has 0 radical (unpaired) electrons. The molecule has 0 saturated carbocycles. The Labute approximate surface area is 136 Å². The summed E-state index contributed by atoms with van der Waals surface area (Å²) < 4.78 is 10.7. The van der Waals surface area contributed by atoms with Crippen molar-refractivity contribution in [3.63, 3.8) is 0 Å². The van der Waals surface area contributed by atoms with E-state index in [9.17, 15) is 9.90 Å². The van der Waals surface area contributed by atoms with Crippen LogP contribution in [0.3, 0.4) is 0 Å². The van der Waals surface area contributed by atoms with Gasteiger partial charge >= 0.3 is 0 Å². The molecular formula is C17H24N2O4. The summed E-state index contributed by atoms with van der Waals surface area (Å²) in [5, 5.41) is 9.54. The van der Waals surface area contributed by atoms with Crippen molar-refractivity contribution in [1.29, 1.82) is 0 Å². The average molecular weight is 320 g/mol. The van der Waals surface area contributed by atoms with Crippen molar-refractivity contribution < 1.29 is 19.4 Å². The van der Waals surface area contributed by atoms with Gasteiger partial charge in [0.1, 0.15) is 0 Å². The van der Waals surface area contributed by atoms with Gasteiger partial charge < -0.3 is 19.5 Å². The van der Waals surface area contributed by atoms with E-state index in [0.29, 0.717) is 19.6 Å². The van der Waals surface area contributed by atoms with Crippen LogP contribution in [0, 0.1) is 0 Å². The molecule has 1 aromatic carbocycles. The number of rotatable bonds is 5. The van der Waals surface area contributed by atoms with Crippen molar-refractivity contribution in [3.8, 4) is 11.5 Å². The van der Waals surface area contributed by atoms with E-state index in [1.54, 1.807) is 0 Å². The number of piperidine rings is 1. The van der Waals surface area contributed by atoms with Crippen LogP contribution in [0.15, 0.2) is 18.2 Å². The van der Waals surface area contributed by atoms with Gasteiger partial charge in [-0.05, 0) is 37.5 Å². The minimum absolute atomic E-state index is 0.126. The molecule has 1 saturated heterocycles. The number of hydrogen-bond donors (Lipinski definition) is 1. The van der Waals surface area contributed by atoms with Crippen LogP contribution in [0.1, 0.15) is 25.3 Å². The van der Waals surface area contributed by atoms with Crippen LogP contribution in [0.5, 0.6) is 11.5 Å². The maximum Gasteiger partial charge on any atom is 0.237 e. The third kappa shape index (κ3) is 3.95. The fourth-order valence-corrected chi connectivity index (χ4v) is 3.00. The molecule has 2 heterocycles. The summed E-state index contributed by atoms with van der Waals surface area (Å²) in [6, 6.07) is 5.80. The first-order valence-corrected chi connectivity index (χ1v) is 8.22. The average Bonchev–Trinajstić information content (AvgIpc) is 3.02. The highest BCUT2D eigenvalue weighted by Gasteiger charge is 2.22. The maximum atomic E-state index is 12.5. The molecule has 6 nitrogen and oxygen atoms in total. The van der Waals surface area contributed by atoms with Gasteiger partial charge in [-0.15, -0.1) is 0 Å². The van der Waals surface area contributed by atoms with Gasteiger partial charge in [-0.2, -0.15) is 0 Å². The van der Waals surface area contributed by atoms with Crippen molar-refractivity contribution in [3.05, 3.63) is 23.8 Å². The number of aliphatic hydroxyl groups excluding tert-OH is 1. The highest BCUT2D eigenvalue weighted by atomic mass is 16.7. The second-order valence-electron chi connectivity index (χ2n) is 6.10. The predicted octanol–water partition coefficient (Wildman–Crippen LogP) is 1.22. The Morgan fingerprint density at radius 1 is 1.30 bits per heavy atom. The summed E-state index contributed by atoms with van der Waals surface area (Å²) in [7, 11) is 0. The number of carbonyl (C=O) groups excluding carboxylic acids is 1. The summed E-state index contributed by atoms with van der Waals surface area (Å²) >= 11 is 0. The van der Waals surface area contributed by atoms with Gasteiger partial charge in [0, 0.05) is 26.2 Å². The van der Waals surface area contributed by atoms with Crippen LogP contribution in [0.2, 0.25) is 0 Å². The number of ether oxygens (including phenoxy) is 2. The smallest absolute Gasteiger partial charge is 0.237 e. The first-order valence-electron chi connectivity index (χ1n) is 8.22. The van der Waals surface area contributed by atoms with E-state index < -0.39 is 0 Å². The number of carbonyl (C=O) groups is 1. The lowest BCUT2D eigenvalue weighted by Crippen LogP contribution is -2.44. The largest absolute Gasteiger partial charge is 0.454 e. The zero-order chi connectivity index (χ0) is 16.2. The van der Waals surface area contributed by atoms with Crippen LogP contribution >= 0.6 is 0 Å². The Bertz CT molecular complexity index is 556. The highest BCUT2D eigenvalue weighted by molar-refractivity contribution is 5.78. The van der Waals surface area contributed by atoms with Gasteiger partial charge in [0.15, 0.2) is 11.5 Å². The number of benzene rings is 1. The number of amides is 1. The summed E-state index contributed by atoms with van der Waals surface area (Å²) in [5.41, 5.74) is 1.04. The second-order valence-corrected chi connectivity index (χ2v) is 6.10. The summed E-state index contributed by atoms with van der Waals surface area (Å²) in [5.74, 6) is 1.63. The highest BCUT2D eigenvalue weighted by Crippen LogP contribution is 2.32. The van der Waals surface area contributed by atoms with E-state index >= 15 is 0 Å². The Balaban J connectivity index is 1.57. The molecule has 1 N–H and O–H groups in total. The van der Waals surface area contributed by atoms with E-state index in [1.165, 1.54) is 0 Å². The van der Waals surface area contributed by atoms with Crippen molar-refractivity contribution in [2.75, 3.05) is 33.0 Å². The zero-order valence-corrected chi connectivity index (χ0v) is 13.5. The van der Waals surface area contributed by atoms with Gasteiger partial charge in [0.05, 0.1) is 12.6 Å². The van der Waals surface area contributed by atoms with Gasteiger partial charge in [0.25, 0.3) is 0 Å². The van der Waals surface area contributed by atoms with Crippen molar-refractivity contribution in [1.82, 2.24) is 9.80 Å². The summed E-state index contributed by atoms with van der Waals surface area (Å²) in [6.45, 7) is 5.49. The SMILES string of the molecule is CCN(Cc1ccc2c(c1)OCO2)C(=O)CN1CCC(O)CC1. The topological polar surface area (TPSA) is 62.2 Å². The van der Waals surface area contributed by atoms with Crippen molar-refractivity contribution in [2.45, 2.75) is 32.4 Å². The first kappa shape index (κ1) is 16.1. The second kappa shape index (κ2) is 7.19. The fourth-order valence-electron chi connectivity index (χ4n) is 3.00. The lowest BCUT2D eigenvalue weighted by Gasteiger charge is -2.31. The number of aliphatic hydroxyl groups is 1. The lowest BCUT2D eigenvalue weighted by atomic mass is 10.1. The molecule has 0 spiro atoms. The Morgan fingerprint density at radius 2 is 2.04 bits per heavy atom. The van der Waals surface area contributed by atoms with E-state index in [-0.39, 0.29) is 18.8 Å². The van der Waals surface area contributed by atoms with Crippen LogP contribution in [-0.2, 0) is 11.3 Å². The molecule has 23 heavy (non-hydrogen) atoms. The Morgan fingerprint density at radius 3 is 2.78 bits per heavy atom. The molecular weight excluding hydrogens is 296 g/mol. The molecule has 1 amide bonds.